The third-order valence-corrected chi connectivity index (χ3v) is 4.29. The Hall–Kier alpha value is -2.02. The van der Waals surface area contributed by atoms with Gasteiger partial charge in [0.1, 0.15) is 5.75 Å². The van der Waals surface area contributed by atoms with Gasteiger partial charge in [-0.25, -0.2) is 0 Å². The number of methoxy groups -OCH3 is 1. The Bertz CT molecular complexity index is 638. The van der Waals surface area contributed by atoms with Crippen LogP contribution in [0.4, 0.5) is 0 Å². The molecule has 1 amide bonds. The summed E-state index contributed by atoms with van der Waals surface area (Å²) in [5.41, 5.74) is 1.07. The number of rotatable bonds is 6. The summed E-state index contributed by atoms with van der Waals surface area (Å²) in [4.78, 5) is 13.6. The molecule has 6 nitrogen and oxygen atoms in total. The Morgan fingerprint density at radius 1 is 1.32 bits per heavy atom. The number of thioether (sulfide) groups is 1. The first kappa shape index (κ1) is 14.9. The minimum Gasteiger partial charge on any atom is -0.497 e. The lowest BCUT2D eigenvalue weighted by Crippen LogP contribution is -2.43. The van der Waals surface area contributed by atoms with Gasteiger partial charge in [-0.05, 0) is 24.1 Å². The van der Waals surface area contributed by atoms with E-state index in [0.29, 0.717) is 23.3 Å². The highest BCUT2D eigenvalue weighted by Crippen LogP contribution is 2.20. The average Bonchev–Trinajstić information content (AvgIpc) is 2.92. The molecule has 1 aromatic carbocycles. The van der Waals surface area contributed by atoms with Crippen LogP contribution >= 0.6 is 11.8 Å². The first-order valence-electron chi connectivity index (χ1n) is 7.10. The first-order chi connectivity index (χ1) is 10.7. The molecule has 0 bridgehead atoms. The van der Waals surface area contributed by atoms with Gasteiger partial charge < -0.3 is 14.1 Å². The fraction of sp³-hybridized carbons (Fsp3) is 0.400. The molecule has 1 aliphatic rings. The first-order valence-corrected chi connectivity index (χ1v) is 8.09. The van der Waals surface area contributed by atoms with Crippen LogP contribution in [0.2, 0.25) is 0 Å². The van der Waals surface area contributed by atoms with Crippen molar-refractivity contribution in [1.29, 1.82) is 0 Å². The third kappa shape index (κ3) is 3.59. The van der Waals surface area contributed by atoms with E-state index in [4.69, 9.17) is 9.15 Å². The molecule has 0 aliphatic carbocycles. The van der Waals surface area contributed by atoms with Crippen LogP contribution in [-0.4, -0.2) is 47.0 Å². The Morgan fingerprint density at radius 2 is 2.09 bits per heavy atom. The van der Waals surface area contributed by atoms with E-state index in [0.717, 1.165) is 30.8 Å². The molecule has 0 spiro atoms. The fourth-order valence-electron chi connectivity index (χ4n) is 2.07. The molecule has 1 fully saturated rings. The lowest BCUT2D eigenvalue weighted by atomic mass is 10.1. The molecule has 2 heterocycles. The molecule has 0 N–H and O–H groups in total. The van der Waals surface area contributed by atoms with E-state index in [2.05, 4.69) is 10.2 Å². The van der Waals surface area contributed by atoms with Gasteiger partial charge in [0.25, 0.3) is 5.22 Å². The predicted molar refractivity (Wildman–Crippen MR) is 82.0 cm³/mol. The van der Waals surface area contributed by atoms with Gasteiger partial charge in [-0.2, -0.15) is 0 Å². The Kier molecular flexibility index (Phi) is 4.62. The number of benzene rings is 1. The molecule has 0 atom stereocenters. The van der Waals surface area contributed by atoms with E-state index in [-0.39, 0.29) is 5.91 Å². The van der Waals surface area contributed by atoms with Crippen molar-refractivity contribution in [3.8, 4) is 5.75 Å². The summed E-state index contributed by atoms with van der Waals surface area (Å²) in [6.45, 7) is 1.73. The second kappa shape index (κ2) is 6.83. The number of nitrogens with zero attached hydrogens (tertiary/aromatic N) is 3. The number of ether oxygens (including phenoxy) is 1. The SMILES string of the molecule is COc1ccc(Cc2nnc(SCC(=O)N3CCC3)o2)cc1. The van der Waals surface area contributed by atoms with E-state index in [1.165, 1.54) is 11.8 Å². The monoisotopic (exact) mass is 319 g/mol. The van der Waals surface area contributed by atoms with Crippen LogP contribution in [-0.2, 0) is 11.2 Å². The van der Waals surface area contributed by atoms with Gasteiger partial charge in [0.15, 0.2) is 0 Å². The van der Waals surface area contributed by atoms with Crippen LogP contribution in [0.1, 0.15) is 17.9 Å². The smallest absolute Gasteiger partial charge is 0.277 e. The zero-order chi connectivity index (χ0) is 15.4. The zero-order valence-corrected chi connectivity index (χ0v) is 13.1. The molecule has 1 saturated heterocycles. The summed E-state index contributed by atoms with van der Waals surface area (Å²) in [5, 5.41) is 8.43. The minimum atomic E-state index is 0.131. The lowest BCUT2D eigenvalue weighted by Gasteiger charge is -2.30. The summed E-state index contributed by atoms with van der Waals surface area (Å²) in [7, 11) is 1.64. The van der Waals surface area contributed by atoms with E-state index in [1.807, 2.05) is 29.2 Å². The number of hydrogen-bond donors (Lipinski definition) is 0. The van der Waals surface area contributed by atoms with Crippen LogP contribution in [0.3, 0.4) is 0 Å². The van der Waals surface area contributed by atoms with Gasteiger partial charge >= 0.3 is 0 Å². The summed E-state index contributed by atoms with van der Waals surface area (Å²) < 4.78 is 10.7. The molecule has 116 valence electrons. The summed E-state index contributed by atoms with van der Waals surface area (Å²) in [5.74, 6) is 1.84. The van der Waals surface area contributed by atoms with Crippen molar-refractivity contribution in [2.24, 2.45) is 0 Å². The maximum atomic E-state index is 11.8. The van der Waals surface area contributed by atoms with Crippen molar-refractivity contribution >= 4 is 17.7 Å². The van der Waals surface area contributed by atoms with Gasteiger partial charge in [-0.15, -0.1) is 10.2 Å². The van der Waals surface area contributed by atoms with Gasteiger partial charge in [0.2, 0.25) is 11.8 Å². The van der Waals surface area contributed by atoms with Crippen LogP contribution in [0.5, 0.6) is 5.75 Å². The maximum absolute atomic E-state index is 11.8. The Balaban J connectivity index is 1.52. The van der Waals surface area contributed by atoms with E-state index in [1.54, 1.807) is 7.11 Å². The lowest BCUT2D eigenvalue weighted by molar-refractivity contribution is -0.131. The molecule has 1 aromatic heterocycles. The van der Waals surface area contributed by atoms with Crippen molar-refractivity contribution in [3.05, 3.63) is 35.7 Å². The molecule has 0 unspecified atom stereocenters. The third-order valence-electron chi connectivity index (χ3n) is 3.49. The molecular formula is C15H17N3O3S. The number of amides is 1. The second-order valence-corrected chi connectivity index (χ2v) is 5.94. The number of aromatic nitrogens is 2. The minimum absolute atomic E-state index is 0.131. The fourth-order valence-corrected chi connectivity index (χ4v) is 2.75. The highest BCUT2D eigenvalue weighted by Gasteiger charge is 2.20. The number of carbonyl (C=O) groups is 1. The summed E-state index contributed by atoms with van der Waals surface area (Å²) in [6, 6.07) is 7.71. The zero-order valence-electron chi connectivity index (χ0n) is 12.3. The van der Waals surface area contributed by atoms with E-state index < -0.39 is 0 Å². The predicted octanol–water partition coefficient (Wildman–Crippen LogP) is 1.99. The van der Waals surface area contributed by atoms with E-state index in [9.17, 15) is 4.79 Å². The van der Waals surface area contributed by atoms with Crippen molar-refractivity contribution in [2.45, 2.75) is 18.1 Å². The summed E-state index contributed by atoms with van der Waals surface area (Å²) >= 11 is 1.29. The quantitative estimate of drug-likeness (QED) is 0.759. The average molecular weight is 319 g/mol. The highest BCUT2D eigenvalue weighted by atomic mass is 32.2. The van der Waals surface area contributed by atoms with Crippen LogP contribution in [0.15, 0.2) is 33.9 Å². The highest BCUT2D eigenvalue weighted by molar-refractivity contribution is 7.99. The van der Waals surface area contributed by atoms with Gasteiger partial charge in [0.05, 0.1) is 19.3 Å². The van der Waals surface area contributed by atoms with Crippen molar-refractivity contribution in [2.75, 3.05) is 26.0 Å². The number of likely N-dealkylation sites (tertiary alicyclic amines) is 1. The van der Waals surface area contributed by atoms with Crippen molar-refractivity contribution in [1.82, 2.24) is 15.1 Å². The topological polar surface area (TPSA) is 68.5 Å². The molecule has 0 saturated carbocycles. The van der Waals surface area contributed by atoms with Crippen molar-refractivity contribution in [3.63, 3.8) is 0 Å². The number of hydrogen-bond acceptors (Lipinski definition) is 6. The normalized spacial score (nSPS) is 13.8. The molecular weight excluding hydrogens is 302 g/mol. The Labute approximate surface area is 132 Å². The number of carbonyl (C=O) groups excluding carboxylic acids is 1. The molecule has 2 aromatic rings. The van der Waals surface area contributed by atoms with Gasteiger partial charge in [0, 0.05) is 13.1 Å². The molecule has 1 aliphatic heterocycles. The molecule has 7 heteroatoms. The second-order valence-electron chi connectivity index (χ2n) is 5.01. The molecule has 3 rings (SSSR count). The van der Waals surface area contributed by atoms with Crippen LogP contribution in [0, 0.1) is 0 Å². The maximum Gasteiger partial charge on any atom is 0.277 e. The molecule has 22 heavy (non-hydrogen) atoms. The molecule has 0 radical (unpaired) electrons. The standard InChI is InChI=1S/C15H17N3O3S/c1-20-12-5-3-11(4-6-12)9-13-16-17-15(21-13)22-10-14(19)18-7-2-8-18/h3-6H,2,7-10H2,1H3. The van der Waals surface area contributed by atoms with Crippen LogP contribution in [0.25, 0.3) is 0 Å². The van der Waals surface area contributed by atoms with Gasteiger partial charge in [-0.3, -0.25) is 4.79 Å². The Morgan fingerprint density at radius 3 is 2.73 bits per heavy atom. The van der Waals surface area contributed by atoms with E-state index >= 15 is 0 Å². The van der Waals surface area contributed by atoms with Crippen molar-refractivity contribution < 1.29 is 13.9 Å². The summed E-state index contributed by atoms with van der Waals surface area (Å²) in [6.07, 6.45) is 1.67. The largest absolute Gasteiger partial charge is 0.497 e. The van der Waals surface area contributed by atoms with Gasteiger partial charge in [-0.1, -0.05) is 23.9 Å². The van der Waals surface area contributed by atoms with Crippen LogP contribution < -0.4 is 4.74 Å².